The van der Waals surface area contributed by atoms with Gasteiger partial charge < -0.3 is 29.6 Å². The van der Waals surface area contributed by atoms with Gasteiger partial charge in [0.15, 0.2) is 0 Å². The summed E-state index contributed by atoms with van der Waals surface area (Å²) in [4.78, 5) is 14.0. The second kappa shape index (κ2) is 11.3. The highest BCUT2D eigenvalue weighted by atomic mass is 35.5. The zero-order valence-corrected chi connectivity index (χ0v) is 16.9. The minimum atomic E-state index is -0.650. The van der Waals surface area contributed by atoms with Crippen molar-refractivity contribution in [2.75, 3.05) is 33.4 Å². The zero-order valence-electron chi connectivity index (χ0n) is 16.1. The number of halogens is 1. The molecule has 1 unspecified atom stereocenters. The summed E-state index contributed by atoms with van der Waals surface area (Å²) in [6.07, 6.45) is -0.650. The van der Waals surface area contributed by atoms with Gasteiger partial charge in [-0.25, -0.2) is 0 Å². The first-order valence-electron chi connectivity index (χ1n) is 9.05. The number of aromatic nitrogens is 1. The highest BCUT2D eigenvalue weighted by Gasteiger charge is 2.06. The van der Waals surface area contributed by atoms with E-state index >= 15 is 0 Å². The molecule has 1 heterocycles. The molecule has 3 N–H and O–H groups in total. The van der Waals surface area contributed by atoms with Crippen LogP contribution >= 0.6 is 12.4 Å². The van der Waals surface area contributed by atoms with E-state index in [9.17, 15) is 9.90 Å². The van der Waals surface area contributed by atoms with Crippen molar-refractivity contribution in [3.63, 3.8) is 0 Å². The minimum Gasteiger partial charge on any atom is -0.497 e. The van der Waals surface area contributed by atoms with Gasteiger partial charge in [-0.2, -0.15) is 0 Å². The number of hydrogen-bond donors (Lipinski definition) is 3. The molecule has 0 radical (unpaired) electrons. The van der Waals surface area contributed by atoms with Gasteiger partial charge in [0.1, 0.15) is 36.6 Å². The topological polar surface area (TPSA) is 92.8 Å². The molecule has 0 aliphatic rings. The van der Waals surface area contributed by atoms with Crippen LogP contribution in [0.4, 0.5) is 0 Å². The first-order valence-corrected chi connectivity index (χ1v) is 9.05. The molecule has 156 valence electrons. The fourth-order valence-electron chi connectivity index (χ4n) is 2.67. The number of aromatic amines is 1. The van der Waals surface area contributed by atoms with Gasteiger partial charge in [-0.1, -0.05) is 6.07 Å². The molecule has 1 aromatic heterocycles. The number of aliphatic hydroxyl groups excluding tert-OH is 1. The van der Waals surface area contributed by atoms with Crippen LogP contribution in [0, 0.1) is 0 Å². The van der Waals surface area contributed by atoms with Crippen molar-refractivity contribution < 1.29 is 19.3 Å². The lowest BCUT2D eigenvalue weighted by molar-refractivity contribution is 0.105. The summed E-state index contributed by atoms with van der Waals surface area (Å²) in [6, 6.07) is 16.0. The Morgan fingerprint density at radius 2 is 1.83 bits per heavy atom. The molecule has 0 saturated heterocycles. The molecule has 0 spiro atoms. The molecular formula is C21H25ClN2O5. The van der Waals surface area contributed by atoms with E-state index in [1.807, 2.05) is 30.3 Å². The lowest BCUT2D eigenvalue weighted by Crippen LogP contribution is -2.33. The Hall–Kier alpha value is -2.74. The summed E-state index contributed by atoms with van der Waals surface area (Å²) in [7, 11) is 1.61. The van der Waals surface area contributed by atoms with E-state index in [0.29, 0.717) is 25.4 Å². The Morgan fingerprint density at radius 3 is 2.66 bits per heavy atom. The van der Waals surface area contributed by atoms with Crippen LogP contribution in [0.3, 0.4) is 0 Å². The second-order valence-corrected chi connectivity index (χ2v) is 6.27. The van der Waals surface area contributed by atoms with Crippen molar-refractivity contribution in [3.8, 4) is 17.2 Å². The SMILES string of the molecule is COc1cccc(OCCNCC(O)COc2ccc3[nH]c(=O)ccc3c2)c1.Cl. The number of nitrogens with one attached hydrogen (secondary N) is 2. The highest BCUT2D eigenvalue weighted by molar-refractivity contribution is 5.85. The number of methoxy groups -OCH3 is 1. The van der Waals surface area contributed by atoms with Crippen LogP contribution in [0.2, 0.25) is 0 Å². The number of aliphatic hydroxyl groups is 1. The summed E-state index contributed by atoms with van der Waals surface area (Å²) in [6.45, 7) is 1.63. The number of benzene rings is 2. The molecule has 29 heavy (non-hydrogen) atoms. The molecule has 0 aliphatic carbocycles. The third-order valence-corrected chi connectivity index (χ3v) is 4.11. The lowest BCUT2D eigenvalue weighted by Gasteiger charge is -2.14. The number of H-pyrrole nitrogens is 1. The fourth-order valence-corrected chi connectivity index (χ4v) is 2.67. The molecule has 1 atom stereocenters. The average molecular weight is 421 g/mol. The van der Waals surface area contributed by atoms with Crippen molar-refractivity contribution >= 4 is 23.3 Å². The molecule has 7 nitrogen and oxygen atoms in total. The maximum absolute atomic E-state index is 11.3. The maximum Gasteiger partial charge on any atom is 0.248 e. The van der Waals surface area contributed by atoms with E-state index in [0.717, 1.165) is 22.4 Å². The van der Waals surface area contributed by atoms with Gasteiger partial charge in [0, 0.05) is 36.1 Å². The second-order valence-electron chi connectivity index (χ2n) is 6.27. The highest BCUT2D eigenvalue weighted by Crippen LogP contribution is 2.19. The Morgan fingerprint density at radius 1 is 1.03 bits per heavy atom. The van der Waals surface area contributed by atoms with Crippen LogP contribution in [0.25, 0.3) is 10.9 Å². The quantitative estimate of drug-likeness (QED) is 0.436. The van der Waals surface area contributed by atoms with Crippen LogP contribution in [-0.2, 0) is 0 Å². The van der Waals surface area contributed by atoms with Gasteiger partial charge in [-0.05, 0) is 36.4 Å². The third kappa shape index (κ3) is 6.98. The van der Waals surface area contributed by atoms with Crippen molar-refractivity contribution in [1.82, 2.24) is 10.3 Å². The third-order valence-electron chi connectivity index (χ3n) is 4.11. The standard InChI is InChI=1S/C21H24N2O5.ClH/c1-26-17-3-2-4-18(12-17)27-10-9-22-13-16(24)14-28-19-6-7-20-15(11-19)5-8-21(25)23-20;/h2-8,11-12,16,22,24H,9-10,13-14H2,1H3,(H,23,25);1H. The zero-order chi connectivity index (χ0) is 19.8. The average Bonchev–Trinajstić information content (AvgIpc) is 2.72. The number of ether oxygens (including phenoxy) is 3. The Balaban J connectivity index is 0.00000300. The smallest absolute Gasteiger partial charge is 0.248 e. The van der Waals surface area contributed by atoms with E-state index in [4.69, 9.17) is 14.2 Å². The van der Waals surface area contributed by atoms with E-state index in [-0.39, 0.29) is 24.6 Å². The Bertz CT molecular complexity index is 963. The largest absolute Gasteiger partial charge is 0.497 e. The number of rotatable bonds is 10. The van der Waals surface area contributed by atoms with Gasteiger partial charge in [0.2, 0.25) is 5.56 Å². The number of pyridine rings is 1. The van der Waals surface area contributed by atoms with Crippen LogP contribution in [0.1, 0.15) is 0 Å². The monoisotopic (exact) mass is 420 g/mol. The lowest BCUT2D eigenvalue weighted by atomic mass is 10.2. The van der Waals surface area contributed by atoms with Crippen LogP contribution < -0.4 is 25.1 Å². The summed E-state index contributed by atoms with van der Waals surface area (Å²) in [5, 5.41) is 14.1. The molecule has 3 aromatic rings. The minimum absolute atomic E-state index is 0. The number of hydrogen-bond acceptors (Lipinski definition) is 6. The van der Waals surface area contributed by atoms with Crippen LogP contribution in [0.15, 0.2) is 59.4 Å². The van der Waals surface area contributed by atoms with Crippen molar-refractivity contribution in [1.29, 1.82) is 0 Å². The van der Waals surface area contributed by atoms with Gasteiger partial charge in [-0.3, -0.25) is 4.79 Å². The van der Waals surface area contributed by atoms with E-state index in [1.54, 1.807) is 25.3 Å². The first-order chi connectivity index (χ1) is 13.6. The summed E-state index contributed by atoms with van der Waals surface area (Å²) in [5.41, 5.74) is 0.608. The molecule has 0 aliphatic heterocycles. The normalized spacial score (nSPS) is 11.5. The van der Waals surface area contributed by atoms with Gasteiger partial charge in [0.05, 0.1) is 7.11 Å². The predicted octanol–water partition coefficient (Wildman–Crippen LogP) is 2.37. The molecule has 3 rings (SSSR count). The van der Waals surface area contributed by atoms with Crippen molar-refractivity contribution in [2.45, 2.75) is 6.10 Å². The predicted molar refractivity (Wildman–Crippen MR) is 115 cm³/mol. The van der Waals surface area contributed by atoms with Gasteiger partial charge in [0.25, 0.3) is 0 Å². The Labute approximate surface area is 175 Å². The summed E-state index contributed by atoms with van der Waals surface area (Å²) in [5.74, 6) is 2.13. The van der Waals surface area contributed by atoms with Gasteiger partial charge >= 0.3 is 0 Å². The molecule has 0 amide bonds. The van der Waals surface area contributed by atoms with Crippen molar-refractivity contribution in [3.05, 3.63) is 65.0 Å². The van der Waals surface area contributed by atoms with Crippen molar-refractivity contribution in [2.24, 2.45) is 0 Å². The molecular weight excluding hydrogens is 396 g/mol. The Kier molecular flexibility index (Phi) is 8.79. The fraction of sp³-hybridized carbons (Fsp3) is 0.286. The summed E-state index contributed by atoms with van der Waals surface area (Å²) >= 11 is 0. The first kappa shape index (κ1) is 22.5. The molecule has 0 fully saturated rings. The molecule has 2 aromatic carbocycles. The van der Waals surface area contributed by atoms with Gasteiger partial charge in [-0.15, -0.1) is 12.4 Å². The van der Waals surface area contributed by atoms with E-state index < -0.39 is 6.10 Å². The summed E-state index contributed by atoms with van der Waals surface area (Å²) < 4.78 is 16.4. The van der Waals surface area contributed by atoms with E-state index in [2.05, 4.69) is 10.3 Å². The molecule has 8 heteroatoms. The molecule has 0 saturated carbocycles. The maximum atomic E-state index is 11.3. The van der Waals surface area contributed by atoms with E-state index in [1.165, 1.54) is 6.07 Å². The number of fused-ring (bicyclic) bond motifs is 1. The van der Waals surface area contributed by atoms with Crippen LogP contribution in [-0.4, -0.2) is 49.6 Å². The van der Waals surface area contributed by atoms with Crippen LogP contribution in [0.5, 0.6) is 17.2 Å². The molecule has 0 bridgehead atoms.